The molecule has 1 atom stereocenters. The van der Waals surface area contributed by atoms with Crippen molar-refractivity contribution in [3.05, 3.63) is 35.9 Å². The van der Waals surface area contributed by atoms with Crippen molar-refractivity contribution in [3.63, 3.8) is 0 Å². The van der Waals surface area contributed by atoms with Crippen LogP contribution in [0, 0.1) is 0 Å². The number of unbranched alkanes of at least 4 members (excludes halogenated alkanes) is 1. The molecule has 0 aliphatic rings. The second kappa shape index (κ2) is 6.46. The van der Waals surface area contributed by atoms with Crippen LogP contribution in [0.3, 0.4) is 0 Å². The summed E-state index contributed by atoms with van der Waals surface area (Å²) < 4.78 is 5.03. The Balaban J connectivity index is 2.46. The molecule has 82 valence electrons. The molecule has 0 spiro atoms. The molecule has 0 bridgehead atoms. The Hall–Kier alpha value is -1.02. The monoisotopic (exact) mass is 226 g/mol. The van der Waals surface area contributed by atoms with Gasteiger partial charge in [-0.1, -0.05) is 43.7 Å². The first-order valence-corrected chi connectivity index (χ1v) is 5.55. The highest BCUT2D eigenvalue weighted by Crippen LogP contribution is 2.21. The van der Waals surface area contributed by atoms with E-state index in [0.29, 0.717) is 6.61 Å². The van der Waals surface area contributed by atoms with Crippen LogP contribution in [0.4, 0.5) is 0 Å². The van der Waals surface area contributed by atoms with Gasteiger partial charge >= 0.3 is 5.97 Å². The SMILES string of the molecule is CCCCOC(=O)C(Cl)c1ccccc1. The summed E-state index contributed by atoms with van der Waals surface area (Å²) in [5.41, 5.74) is 0.778. The Labute approximate surface area is 95.2 Å². The summed E-state index contributed by atoms with van der Waals surface area (Å²) in [6, 6.07) is 9.22. The largest absolute Gasteiger partial charge is 0.464 e. The van der Waals surface area contributed by atoms with Crippen molar-refractivity contribution in [2.24, 2.45) is 0 Å². The minimum atomic E-state index is -0.692. The highest BCUT2D eigenvalue weighted by molar-refractivity contribution is 6.29. The van der Waals surface area contributed by atoms with Crippen molar-refractivity contribution in [1.82, 2.24) is 0 Å². The van der Waals surface area contributed by atoms with Crippen LogP contribution in [0.1, 0.15) is 30.7 Å². The second-order valence-corrected chi connectivity index (χ2v) is 3.73. The molecular weight excluding hydrogens is 212 g/mol. The minimum absolute atomic E-state index is 0.365. The zero-order valence-corrected chi connectivity index (χ0v) is 9.54. The number of benzene rings is 1. The Kier molecular flexibility index (Phi) is 5.19. The summed E-state index contributed by atoms with van der Waals surface area (Å²) in [5.74, 6) is -0.365. The fourth-order valence-corrected chi connectivity index (χ4v) is 1.36. The van der Waals surface area contributed by atoms with Crippen molar-refractivity contribution >= 4 is 17.6 Å². The van der Waals surface area contributed by atoms with E-state index < -0.39 is 5.38 Å². The highest BCUT2D eigenvalue weighted by atomic mass is 35.5. The first kappa shape index (κ1) is 12.1. The lowest BCUT2D eigenvalue weighted by molar-refractivity contribution is -0.143. The zero-order valence-electron chi connectivity index (χ0n) is 8.78. The van der Waals surface area contributed by atoms with Gasteiger partial charge in [-0.05, 0) is 12.0 Å². The number of alkyl halides is 1. The number of halogens is 1. The average Bonchev–Trinajstić information content (AvgIpc) is 2.29. The number of carbonyl (C=O) groups excluding carboxylic acids is 1. The Morgan fingerprint density at radius 1 is 1.40 bits per heavy atom. The fourth-order valence-electron chi connectivity index (χ4n) is 1.15. The van der Waals surface area contributed by atoms with Crippen LogP contribution in [-0.2, 0) is 9.53 Å². The Bertz CT molecular complexity index is 298. The van der Waals surface area contributed by atoms with E-state index in [1.807, 2.05) is 37.3 Å². The van der Waals surface area contributed by atoms with E-state index in [0.717, 1.165) is 18.4 Å². The van der Waals surface area contributed by atoms with Gasteiger partial charge in [0, 0.05) is 0 Å². The predicted octanol–water partition coefficient (Wildman–Crippen LogP) is 3.31. The first-order chi connectivity index (χ1) is 7.25. The van der Waals surface area contributed by atoms with E-state index >= 15 is 0 Å². The van der Waals surface area contributed by atoms with Crippen LogP contribution in [0.25, 0.3) is 0 Å². The number of ether oxygens (including phenoxy) is 1. The number of esters is 1. The van der Waals surface area contributed by atoms with Crippen molar-refractivity contribution in [2.45, 2.75) is 25.1 Å². The molecule has 0 N–H and O–H groups in total. The maximum atomic E-state index is 11.5. The zero-order chi connectivity index (χ0) is 11.1. The van der Waals surface area contributed by atoms with Crippen LogP contribution in [-0.4, -0.2) is 12.6 Å². The van der Waals surface area contributed by atoms with Gasteiger partial charge in [-0.15, -0.1) is 11.6 Å². The van der Waals surface area contributed by atoms with Crippen LogP contribution < -0.4 is 0 Å². The van der Waals surface area contributed by atoms with Gasteiger partial charge in [0.1, 0.15) is 0 Å². The van der Waals surface area contributed by atoms with Crippen LogP contribution >= 0.6 is 11.6 Å². The van der Waals surface area contributed by atoms with Gasteiger partial charge in [0.05, 0.1) is 6.61 Å². The minimum Gasteiger partial charge on any atom is -0.464 e. The summed E-state index contributed by atoms with van der Waals surface area (Å²) in [7, 11) is 0. The van der Waals surface area contributed by atoms with E-state index in [9.17, 15) is 4.79 Å². The topological polar surface area (TPSA) is 26.3 Å². The summed E-state index contributed by atoms with van der Waals surface area (Å²) in [5, 5.41) is -0.692. The molecule has 0 saturated carbocycles. The van der Waals surface area contributed by atoms with E-state index in [1.165, 1.54) is 0 Å². The standard InChI is InChI=1S/C12H15ClO2/c1-2-3-9-15-12(14)11(13)10-7-5-4-6-8-10/h4-8,11H,2-3,9H2,1H3. The summed E-state index contributed by atoms with van der Waals surface area (Å²) in [6.07, 6.45) is 1.88. The normalized spacial score (nSPS) is 12.1. The molecule has 0 aromatic heterocycles. The first-order valence-electron chi connectivity index (χ1n) is 5.11. The van der Waals surface area contributed by atoms with Gasteiger partial charge in [0.25, 0.3) is 0 Å². The summed E-state index contributed by atoms with van der Waals surface area (Å²) >= 11 is 5.96. The Morgan fingerprint density at radius 3 is 2.67 bits per heavy atom. The molecular formula is C12H15ClO2. The predicted molar refractivity (Wildman–Crippen MR) is 60.9 cm³/mol. The maximum absolute atomic E-state index is 11.5. The van der Waals surface area contributed by atoms with E-state index in [-0.39, 0.29) is 5.97 Å². The summed E-state index contributed by atoms with van der Waals surface area (Å²) in [4.78, 5) is 11.5. The fraction of sp³-hybridized carbons (Fsp3) is 0.417. The molecule has 0 heterocycles. The molecule has 0 aliphatic carbocycles. The highest BCUT2D eigenvalue weighted by Gasteiger charge is 2.18. The van der Waals surface area contributed by atoms with Crippen LogP contribution in [0.2, 0.25) is 0 Å². The van der Waals surface area contributed by atoms with Gasteiger partial charge in [0.2, 0.25) is 0 Å². The van der Waals surface area contributed by atoms with Gasteiger partial charge < -0.3 is 4.74 Å². The van der Waals surface area contributed by atoms with Gasteiger partial charge in [-0.2, -0.15) is 0 Å². The van der Waals surface area contributed by atoms with Gasteiger partial charge in [0.15, 0.2) is 5.38 Å². The van der Waals surface area contributed by atoms with Crippen molar-refractivity contribution in [2.75, 3.05) is 6.61 Å². The number of hydrogen-bond donors (Lipinski definition) is 0. The van der Waals surface area contributed by atoms with Gasteiger partial charge in [-0.25, -0.2) is 0 Å². The van der Waals surface area contributed by atoms with Crippen molar-refractivity contribution in [1.29, 1.82) is 0 Å². The third-order valence-corrected chi connectivity index (χ3v) is 2.47. The number of carbonyl (C=O) groups is 1. The van der Waals surface area contributed by atoms with Crippen LogP contribution in [0.5, 0.6) is 0 Å². The average molecular weight is 227 g/mol. The van der Waals surface area contributed by atoms with Gasteiger partial charge in [-0.3, -0.25) is 4.79 Å². The molecule has 2 nitrogen and oxygen atoms in total. The lowest BCUT2D eigenvalue weighted by Crippen LogP contribution is -2.12. The molecule has 1 unspecified atom stereocenters. The number of hydrogen-bond acceptors (Lipinski definition) is 2. The quantitative estimate of drug-likeness (QED) is 0.438. The van der Waals surface area contributed by atoms with Crippen molar-refractivity contribution in [3.8, 4) is 0 Å². The van der Waals surface area contributed by atoms with E-state index in [1.54, 1.807) is 0 Å². The number of rotatable bonds is 5. The molecule has 0 saturated heterocycles. The third kappa shape index (κ3) is 3.92. The second-order valence-electron chi connectivity index (χ2n) is 3.29. The van der Waals surface area contributed by atoms with Crippen LogP contribution in [0.15, 0.2) is 30.3 Å². The summed E-state index contributed by atoms with van der Waals surface area (Å²) in [6.45, 7) is 2.49. The molecule has 0 aliphatic heterocycles. The van der Waals surface area contributed by atoms with E-state index in [4.69, 9.17) is 16.3 Å². The molecule has 0 radical (unpaired) electrons. The molecule has 0 fully saturated rings. The molecule has 3 heteroatoms. The molecule has 1 rings (SSSR count). The third-order valence-electron chi connectivity index (χ3n) is 2.04. The smallest absolute Gasteiger partial charge is 0.328 e. The molecule has 1 aromatic rings. The van der Waals surface area contributed by atoms with E-state index in [2.05, 4.69) is 0 Å². The lowest BCUT2D eigenvalue weighted by atomic mass is 10.1. The lowest BCUT2D eigenvalue weighted by Gasteiger charge is -2.09. The molecule has 1 aromatic carbocycles. The Morgan fingerprint density at radius 2 is 2.07 bits per heavy atom. The van der Waals surface area contributed by atoms with Crippen molar-refractivity contribution < 1.29 is 9.53 Å². The molecule has 15 heavy (non-hydrogen) atoms. The maximum Gasteiger partial charge on any atom is 0.328 e. The molecule has 0 amide bonds.